The second-order valence-electron chi connectivity index (χ2n) is 24.4. The summed E-state index contributed by atoms with van der Waals surface area (Å²) < 4.78 is 51.9. The van der Waals surface area contributed by atoms with Gasteiger partial charge < -0.3 is 9.13 Å². The van der Waals surface area contributed by atoms with Crippen LogP contribution in [0.3, 0.4) is 0 Å². The van der Waals surface area contributed by atoms with Crippen molar-refractivity contribution < 1.29 is 6.85 Å². The Bertz CT molecular complexity index is 7090. The molecule has 0 bridgehead atoms. The molecule has 0 aliphatic heterocycles. The van der Waals surface area contributed by atoms with Crippen LogP contribution < -0.4 is 0 Å². The van der Waals surface area contributed by atoms with Crippen molar-refractivity contribution in [3.8, 4) is 67.8 Å². The van der Waals surface area contributed by atoms with E-state index in [1.54, 1.807) is 18.3 Å². The van der Waals surface area contributed by atoms with E-state index >= 15 is 0 Å². The van der Waals surface area contributed by atoms with Gasteiger partial charge in [0.05, 0.1) is 40.0 Å². The number of fused-ring (bicyclic) bond motifs is 22. The summed E-state index contributed by atoms with van der Waals surface area (Å²) in [5.41, 5.74) is 15.3. The minimum Gasteiger partial charge on any atom is -0.309 e. The highest BCUT2D eigenvalue weighted by Crippen LogP contribution is 2.50. The maximum atomic E-state index is 8.64. The molecule has 456 valence electrons. The maximum absolute atomic E-state index is 8.64. The minimum absolute atomic E-state index is 0.00492. The largest absolute Gasteiger partial charge is 0.309 e. The molecule has 0 unspecified atom stereocenters. The summed E-state index contributed by atoms with van der Waals surface area (Å²) in [6, 6.07) is 93.6. The highest BCUT2D eigenvalue weighted by atomic mass is 32.1. The van der Waals surface area contributed by atoms with Gasteiger partial charge in [0, 0.05) is 119 Å². The summed E-state index contributed by atoms with van der Waals surface area (Å²) in [7, 11) is 0. The van der Waals surface area contributed by atoms with E-state index in [0.29, 0.717) is 22.7 Å². The molecule has 0 amide bonds. The lowest BCUT2D eigenvalue weighted by molar-refractivity contribution is 1.18. The molecule has 0 spiro atoms. The number of hydrogen-bond acceptors (Lipinski definition) is 8. The number of rotatable bonds is 7. The van der Waals surface area contributed by atoms with Gasteiger partial charge in [-0.15, -0.1) is 22.7 Å². The molecule has 0 saturated heterocycles. The Morgan fingerprint density at radius 1 is 0.286 bits per heavy atom. The van der Waals surface area contributed by atoms with Crippen LogP contribution in [0.15, 0.2) is 316 Å². The molecular weight excluding hydrogens is 1230 g/mol. The molecule has 8 heterocycles. The van der Waals surface area contributed by atoms with Gasteiger partial charge in [0.2, 0.25) is 0 Å². The molecule has 0 saturated carbocycles. The third-order valence-electron chi connectivity index (χ3n) is 19.0. The van der Waals surface area contributed by atoms with Crippen molar-refractivity contribution in [2.75, 3.05) is 0 Å². The second-order valence-corrected chi connectivity index (χ2v) is 26.5. The molecule has 8 nitrogen and oxygen atoms in total. The van der Waals surface area contributed by atoms with Crippen LogP contribution in [0, 0.1) is 0 Å². The summed E-state index contributed by atoms with van der Waals surface area (Å²) >= 11 is 3.73. The van der Waals surface area contributed by atoms with Gasteiger partial charge in [-0.05, 0) is 119 Å². The van der Waals surface area contributed by atoms with Crippen LogP contribution in [0.25, 0.3) is 195 Å². The fraction of sp³-hybridized carbons (Fsp3) is 0. The molecule has 8 aromatic heterocycles. The lowest BCUT2D eigenvalue weighted by atomic mass is 10.00. The van der Waals surface area contributed by atoms with E-state index in [1.165, 1.54) is 100 Å². The van der Waals surface area contributed by atoms with Crippen LogP contribution >= 0.6 is 22.7 Å². The molecule has 0 aliphatic rings. The Kier molecular flexibility index (Phi) is 11.7. The lowest BCUT2D eigenvalue weighted by Gasteiger charge is -2.12. The van der Waals surface area contributed by atoms with Crippen molar-refractivity contribution in [3.63, 3.8) is 0 Å². The second kappa shape index (κ2) is 22.5. The summed E-state index contributed by atoms with van der Waals surface area (Å²) in [5, 5.41) is 15.1. The number of thiophene rings is 2. The molecule has 0 radical (unpaired) electrons. The van der Waals surface area contributed by atoms with Crippen molar-refractivity contribution in [1.82, 2.24) is 39.0 Å². The van der Waals surface area contributed by atoms with Crippen LogP contribution in [0.4, 0.5) is 0 Å². The highest BCUT2D eigenvalue weighted by molar-refractivity contribution is 7.27. The van der Waals surface area contributed by atoms with Gasteiger partial charge in [0.25, 0.3) is 0 Å². The zero-order valence-corrected chi connectivity index (χ0v) is 53.7. The van der Waals surface area contributed by atoms with Gasteiger partial charge in [-0.2, -0.15) is 0 Å². The minimum atomic E-state index is -0.457. The molecule has 10 heteroatoms. The first-order chi connectivity index (χ1) is 50.7. The van der Waals surface area contributed by atoms with Gasteiger partial charge in [-0.3, -0.25) is 9.97 Å². The predicted molar refractivity (Wildman–Crippen MR) is 411 cm³/mol. The Balaban J connectivity index is 0.000000138. The fourth-order valence-electron chi connectivity index (χ4n) is 14.7. The Labute approximate surface area is 576 Å². The van der Waals surface area contributed by atoms with E-state index in [2.05, 4.69) is 245 Å². The number of aromatic nitrogens is 8. The zero-order valence-electron chi connectivity index (χ0n) is 57.0. The van der Waals surface area contributed by atoms with Crippen molar-refractivity contribution in [1.29, 1.82) is 0 Å². The van der Waals surface area contributed by atoms with E-state index < -0.39 is 18.1 Å². The fourth-order valence-corrected chi connectivity index (χ4v) is 17.2. The van der Waals surface area contributed by atoms with E-state index in [-0.39, 0.29) is 23.3 Å². The number of pyridine rings is 2. The van der Waals surface area contributed by atoms with Crippen molar-refractivity contribution in [2.24, 2.45) is 0 Å². The summed E-state index contributed by atoms with van der Waals surface area (Å²) in [4.78, 5) is 29.0. The van der Waals surface area contributed by atoms with Gasteiger partial charge in [-0.1, -0.05) is 206 Å². The number of hydrogen-bond donors (Lipinski definition) is 0. The first kappa shape index (κ1) is 50.8. The monoisotopic (exact) mass is 1290 g/mol. The summed E-state index contributed by atoms with van der Waals surface area (Å²) in [6.45, 7) is 0. The number of benzene rings is 13. The van der Waals surface area contributed by atoms with Crippen molar-refractivity contribution in [3.05, 3.63) is 316 Å². The molecule has 0 atom stereocenters. The molecule has 21 aromatic rings. The zero-order chi connectivity index (χ0) is 68.7. The van der Waals surface area contributed by atoms with Crippen LogP contribution in [0.5, 0.6) is 0 Å². The molecule has 0 aliphatic carbocycles. The number of nitrogens with zero attached hydrogens (tertiary/aromatic N) is 8. The summed E-state index contributed by atoms with van der Waals surface area (Å²) in [5.74, 6) is 1.04. The first-order valence-corrected chi connectivity index (χ1v) is 34.0. The van der Waals surface area contributed by atoms with Crippen molar-refractivity contribution in [2.45, 2.75) is 0 Å². The molecular formula is C88H52N8S2. The maximum Gasteiger partial charge on any atom is 0.160 e. The molecule has 0 N–H and O–H groups in total. The van der Waals surface area contributed by atoms with Crippen LogP contribution in [-0.2, 0) is 0 Å². The van der Waals surface area contributed by atoms with Gasteiger partial charge in [0.1, 0.15) is 22.4 Å². The predicted octanol–water partition coefficient (Wildman–Crippen LogP) is 23.6. The first-order valence-electron chi connectivity index (χ1n) is 34.9. The normalized spacial score (nSPS) is 12.6. The van der Waals surface area contributed by atoms with Gasteiger partial charge >= 0.3 is 0 Å². The number of para-hydroxylation sites is 2. The molecule has 98 heavy (non-hydrogen) atoms. The molecule has 21 rings (SSSR count). The average molecular weight is 1290 g/mol. The van der Waals surface area contributed by atoms with E-state index in [9.17, 15) is 0 Å². The average Bonchev–Trinajstić information content (AvgIpc) is 1.55. The van der Waals surface area contributed by atoms with Gasteiger partial charge in [0.15, 0.2) is 11.6 Å². The quantitative estimate of drug-likeness (QED) is 0.158. The van der Waals surface area contributed by atoms with E-state index in [0.717, 1.165) is 61.4 Å². The summed E-state index contributed by atoms with van der Waals surface area (Å²) in [6.07, 6.45) is 3.39. The Hall–Kier alpha value is -12.6. The van der Waals surface area contributed by atoms with Crippen LogP contribution in [0.2, 0.25) is 0 Å². The van der Waals surface area contributed by atoms with Crippen LogP contribution in [-0.4, -0.2) is 39.0 Å². The highest BCUT2D eigenvalue weighted by Gasteiger charge is 2.25. The van der Waals surface area contributed by atoms with E-state index in [1.807, 2.05) is 59.2 Å². The lowest BCUT2D eigenvalue weighted by Crippen LogP contribution is -1.98. The van der Waals surface area contributed by atoms with Gasteiger partial charge in [-0.25, -0.2) is 19.9 Å². The molecule has 13 aromatic carbocycles. The van der Waals surface area contributed by atoms with Crippen molar-refractivity contribution >= 4 is 150 Å². The third-order valence-corrected chi connectivity index (χ3v) is 21.4. The topological polar surface area (TPSA) is 87.2 Å². The van der Waals surface area contributed by atoms with E-state index in [4.69, 9.17) is 31.8 Å². The SMILES string of the molecule is [2H]c1c([2H])c([2H])c(-c2nc(-c3ccc(-n4c5ccccc5c5c6sc7ccccc7c6c6ccccc6c54)cc3)nc3cccnc23)c([2H])c1[2H].c1ccc(-c2ccc(-c3nc(-c4ccc(-n5c6ccccc6c6c7sc8ccccc8c7c7ccccc7c65)cc4)nc4cccnc34)cc2)cc1. The smallest absolute Gasteiger partial charge is 0.160 e. The Morgan fingerprint density at radius 2 is 0.673 bits per heavy atom. The third kappa shape index (κ3) is 8.82. The Morgan fingerprint density at radius 3 is 1.16 bits per heavy atom. The van der Waals surface area contributed by atoms with Crippen LogP contribution in [0.1, 0.15) is 6.85 Å². The standard InChI is InChI=1S/C47H28N4S.C41H24N4S/c1-2-11-29(12-3-1)30-20-22-31(23-21-30)43-44-38(17-10-28-48-44)49-47(50-43)32-24-26-33(27-25-32)51-39-18-8-6-15-36(39)42-45(51)35-14-5-4-13-34(35)41-37-16-7-9-19-40(37)52-46(41)42;1-2-11-25(12-3-1)37-38-32(17-10-24-42-38)43-41(44-37)26-20-22-27(23-21-26)45-33-18-8-6-15-30(33)36-39(45)29-14-5-4-13-28(29)35-31-16-7-9-19-34(31)46-40(35)36/h1-28H;1-24H/i;1D,2D,3D,11D,12D. The molecule has 0 fully saturated rings.